The van der Waals surface area contributed by atoms with E-state index in [0.717, 1.165) is 5.56 Å². The van der Waals surface area contributed by atoms with Crippen molar-refractivity contribution >= 4 is 23.6 Å². The van der Waals surface area contributed by atoms with Crippen LogP contribution in [0.1, 0.15) is 23.1 Å². The maximum Gasteiger partial charge on any atom is 0.330 e. The summed E-state index contributed by atoms with van der Waals surface area (Å²) in [7, 11) is 0. The second kappa shape index (κ2) is 10.6. The van der Waals surface area contributed by atoms with Gasteiger partial charge >= 0.3 is 5.97 Å². The lowest BCUT2D eigenvalue weighted by Crippen LogP contribution is -2.28. The van der Waals surface area contributed by atoms with E-state index in [4.69, 9.17) is 4.74 Å². The fourth-order valence-corrected chi connectivity index (χ4v) is 2.36. The Bertz CT molecular complexity index is 842. The number of amides is 1. The molecular weight excluding hydrogens is 360 g/mol. The normalized spacial score (nSPS) is 10.6. The zero-order chi connectivity index (χ0) is 20.4. The summed E-state index contributed by atoms with van der Waals surface area (Å²) in [4.78, 5) is 33.5. The van der Waals surface area contributed by atoms with Gasteiger partial charge in [0.05, 0.1) is 11.5 Å². The van der Waals surface area contributed by atoms with Crippen LogP contribution in [0.2, 0.25) is 0 Å². The molecule has 0 atom stereocenters. The Morgan fingerprint density at radius 3 is 2.43 bits per heavy atom. The summed E-state index contributed by atoms with van der Waals surface area (Å²) in [5.74, 6) is -0.648. The van der Waals surface area contributed by atoms with Crippen LogP contribution in [0.4, 0.5) is 5.69 Å². The molecule has 2 aromatic carbocycles. The van der Waals surface area contributed by atoms with Crippen LogP contribution in [0.5, 0.6) is 0 Å². The van der Waals surface area contributed by atoms with E-state index in [1.54, 1.807) is 0 Å². The maximum absolute atomic E-state index is 11.8. The van der Waals surface area contributed by atoms with Crippen molar-refractivity contribution in [3.05, 3.63) is 81.4 Å². The minimum atomic E-state index is -0.549. The molecule has 2 rings (SSSR count). The van der Waals surface area contributed by atoms with Gasteiger partial charge in [-0.05, 0) is 42.7 Å². The molecule has 146 valence electrons. The fraction of sp³-hybridized carbons (Fsp3) is 0.238. The van der Waals surface area contributed by atoms with Gasteiger partial charge in [0.15, 0.2) is 0 Å². The van der Waals surface area contributed by atoms with Gasteiger partial charge in [-0.2, -0.15) is 0 Å². The van der Waals surface area contributed by atoms with Gasteiger partial charge in [0.2, 0.25) is 5.91 Å². The van der Waals surface area contributed by atoms with Gasteiger partial charge in [0.25, 0.3) is 5.69 Å². The van der Waals surface area contributed by atoms with E-state index in [1.165, 1.54) is 42.0 Å². The van der Waals surface area contributed by atoms with Gasteiger partial charge in [0, 0.05) is 24.6 Å². The highest BCUT2D eigenvalue weighted by atomic mass is 16.6. The Hall–Kier alpha value is -3.48. The van der Waals surface area contributed by atoms with Gasteiger partial charge in [-0.15, -0.1) is 0 Å². The second-order valence-electron chi connectivity index (χ2n) is 6.19. The number of hydrogen-bond acceptors (Lipinski definition) is 5. The van der Waals surface area contributed by atoms with E-state index in [1.807, 2.05) is 31.2 Å². The lowest BCUT2D eigenvalue weighted by Gasteiger charge is -2.06. The molecule has 0 aliphatic rings. The number of nitro groups is 1. The summed E-state index contributed by atoms with van der Waals surface area (Å²) in [5, 5.41) is 13.3. The molecule has 7 nitrogen and oxygen atoms in total. The van der Waals surface area contributed by atoms with Crippen LogP contribution in [-0.4, -0.2) is 30.0 Å². The molecule has 2 aromatic rings. The number of nitrogens with one attached hydrogen (secondary N) is 1. The quantitative estimate of drug-likeness (QED) is 0.236. The van der Waals surface area contributed by atoms with E-state index < -0.39 is 10.9 Å². The van der Waals surface area contributed by atoms with E-state index >= 15 is 0 Å². The zero-order valence-corrected chi connectivity index (χ0v) is 15.6. The van der Waals surface area contributed by atoms with Gasteiger partial charge in [-0.1, -0.05) is 29.8 Å². The minimum absolute atomic E-state index is 0.0159. The molecule has 0 aromatic heterocycles. The molecule has 0 aliphatic heterocycles. The fourth-order valence-electron chi connectivity index (χ4n) is 2.36. The van der Waals surface area contributed by atoms with Gasteiger partial charge in [-0.25, -0.2) is 4.79 Å². The molecule has 1 N–H and O–H groups in total. The molecule has 0 radical (unpaired) electrons. The number of nitro benzene ring substituents is 1. The predicted octanol–water partition coefficient (Wildman–Crippen LogP) is 3.21. The number of non-ortho nitro benzene ring substituents is 1. The average molecular weight is 382 g/mol. The highest BCUT2D eigenvalue weighted by molar-refractivity contribution is 5.87. The lowest BCUT2D eigenvalue weighted by atomic mass is 10.1. The van der Waals surface area contributed by atoms with E-state index in [0.29, 0.717) is 18.4 Å². The van der Waals surface area contributed by atoms with E-state index in [2.05, 4.69) is 5.32 Å². The molecule has 28 heavy (non-hydrogen) atoms. The number of rotatable bonds is 9. The van der Waals surface area contributed by atoms with Crippen molar-refractivity contribution in [2.75, 3.05) is 13.2 Å². The van der Waals surface area contributed by atoms with Crippen LogP contribution in [0.3, 0.4) is 0 Å². The van der Waals surface area contributed by atoms with Gasteiger partial charge in [0.1, 0.15) is 6.61 Å². The van der Waals surface area contributed by atoms with Crippen LogP contribution in [0.25, 0.3) is 6.08 Å². The first-order valence-corrected chi connectivity index (χ1v) is 8.85. The predicted molar refractivity (Wildman–Crippen MR) is 106 cm³/mol. The molecule has 0 bridgehead atoms. The standard InChI is InChI=1S/C21H22N2O5/c1-16-2-4-17(5-3-16)8-12-20(24)22-14-15-28-21(25)13-9-18-6-10-19(11-7-18)23(26)27/h2-7,9-11,13H,8,12,14-15H2,1H3,(H,22,24). The van der Waals surface area contributed by atoms with Crippen molar-refractivity contribution in [3.63, 3.8) is 0 Å². The monoisotopic (exact) mass is 382 g/mol. The molecular formula is C21H22N2O5. The smallest absolute Gasteiger partial charge is 0.330 e. The summed E-state index contributed by atoms with van der Waals surface area (Å²) < 4.78 is 5.00. The van der Waals surface area contributed by atoms with Crippen molar-refractivity contribution in [1.29, 1.82) is 0 Å². The van der Waals surface area contributed by atoms with E-state index in [9.17, 15) is 19.7 Å². The van der Waals surface area contributed by atoms with Crippen LogP contribution in [-0.2, 0) is 20.7 Å². The number of esters is 1. The summed E-state index contributed by atoms with van der Waals surface area (Å²) in [6, 6.07) is 13.8. The molecule has 7 heteroatoms. The first kappa shape index (κ1) is 20.8. The zero-order valence-electron chi connectivity index (χ0n) is 15.6. The Balaban J connectivity index is 1.62. The average Bonchev–Trinajstić information content (AvgIpc) is 2.69. The first-order chi connectivity index (χ1) is 13.4. The number of nitrogens with zero attached hydrogens (tertiary/aromatic N) is 1. The molecule has 0 heterocycles. The molecule has 0 aliphatic carbocycles. The Labute approximate surface area is 163 Å². The van der Waals surface area contributed by atoms with Crippen molar-refractivity contribution < 1.29 is 19.2 Å². The Kier molecular flexibility index (Phi) is 7.90. The summed E-state index contributed by atoms with van der Waals surface area (Å²) in [6.45, 7) is 2.32. The SMILES string of the molecule is Cc1ccc(CCC(=O)NCCOC(=O)C=Cc2ccc([N+](=O)[O-])cc2)cc1. The minimum Gasteiger partial charge on any atom is -0.461 e. The van der Waals surface area contributed by atoms with Crippen molar-refractivity contribution in [2.24, 2.45) is 0 Å². The van der Waals surface area contributed by atoms with Crippen LogP contribution in [0.15, 0.2) is 54.6 Å². The number of ether oxygens (including phenoxy) is 1. The van der Waals surface area contributed by atoms with Gasteiger partial charge in [-0.3, -0.25) is 14.9 Å². The molecule has 0 spiro atoms. The summed E-state index contributed by atoms with van der Waals surface area (Å²) >= 11 is 0. The number of carbonyl (C=O) groups is 2. The molecule has 1 amide bonds. The Morgan fingerprint density at radius 2 is 1.79 bits per heavy atom. The second-order valence-corrected chi connectivity index (χ2v) is 6.19. The lowest BCUT2D eigenvalue weighted by molar-refractivity contribution is -0.384. The summed E-state index contributed by atoms with van der Waals surface area (Å²) in [5.41, 5.74) is 2.91. The number of carbonyl (C=O) groups excluding carboxylic acids is 2. The number of hydrogen-bond donors (Lipinski definition) is 1. The van der Waals surface area contributed by atoms with Crippen molar-refractivity contribution in [3.8, 4) is 0 Å². The highest BCUT2D eigenvalue weighted by Crippen LogP contribution is 2.12. The van der Waals surface area contributed by atoms with Crippen LogP contribution >= 0.6 is 0 Å². The maximum atomic E-state index is 11.8. The number of benzene rings is 2. The third kappa shape index (κ3) is 7.41. The van der Waals surface area contributed by atoms with E-state index in [-0.39, 0.29) is 24.7 Å². The van der Waals surface area contributed by atoms with Crippen LogP contribution in [0, 0.1) is 17.0 Å². The Morgan fingerprint density at radius 1 is 1.11 bits per heavy atom. The number of aryl methyl sites for hydroxylation is 2. The largest absolute Gasteiger partial charge is 0.461 e. The summed E-state index contributed by atoms with van der Waals surface area (Å²) in [6.07, 6.45) is 3.77. The molecule has 0 saturated heterocycles. The van der Waals surface area contributed by atoms with Crippen LogP contribution < -0.4 is 5.32 Å². The van der Waals surface area contributed by atoms with Crippen molar-refractivity contribution in [1.82, 2.24) is 5.32 Å². The third-order valence-corrected chi connectivity index (χ3v) is 3.95. The molecule has 0 saturated carbocycles. The topological polar surface area (TPSA) is 98.5 Å². The van der Waals surface area contributed by atoms with Crippen molar-refractivity contribution in [2.45, 2.75) is 19.8 Å². The van der Waals surface area contributed by atoms with Gasteiger partial charge < -0.3 is 10.1 Å². The first-order valence-electron chi connectivity index (χ1n) is 8.85. The third-order valence-electron chi connectivity index (χ3n) is 3.95. The molecule has 0 unspecified atom stereocenters. The molecule has 0 fully saturated rings. The highest BCUT2D eigenvalue weighted by Gasteiger charge is 2.04.